The first-order valence-corrected chi connectivity index (χ1v) is 9.74. The molecule has 0 bridgehead atoms. The smallest absolute Gasteiger partial charge is 0.318 e. The fourth-order valence-electron chi connectivity index (χ4n) is 4.89. The van der Waals surface area contributed by atoms with Crippen molar-refractivity contribution >= 4 is 6.03 Å². The van der Waals surface area contributed by atoms with E-state index in [9.17, 15) is 4.79 Å². The van der Waals surface area contributed by atoms with E-state index in [2.05, 4.69) is 39.8 Å². The second kappa shape index (κ2) is 7.75. The molecule has 2 N–H and O–H groups in total. The molecule has 0 radical (unpaired) electrons. The van der Waals surface area contributed by atoms with Crippen molar-refractivity contribution in [2.24, 2.45) is 11.8 Å². The van der Waals surface area contributed by atoms with Gasteiger partial charge in [0.25, 0.3) is 0 Å². The number of amides is 2. The summed E-state index contributed by atoms with van der Waals surface area (Å²) >= 11 is 0. The lowest BCUT2D eigenvalue weighted by atomic mass is 9.77. The van der Waals surface area contributed by atoms with Crippen molar-refractivity contribution in [3.05, 3.63) is 35.9 Å². The van der Waals surface area contributed by atoms with Crippen LogP contribution in [0.3, 0.4) is 0 Å². The maximum atomic E-state index is 12.9. The summed E-state index contributed by atoms with van der Waals surface area (Å²) in [4.78, 5) is 15.0. The number of carbonyl (C=O) groups is 1. The van der Waals surface area contributed by atoms with Crippen molar-refractivity contribution in [2.75, 3.05) is 32.8 Å². The number of piperidine rings is 1. The van der Waals surface area contributed by atoms with Crippen molar-refractivity contribution in [1.82, 2.24) is 15.5 Å². The standard InChI is InChI=1S/C20H29N3O2/c24-20-22-14-18(15-4-2-1-3-5-15)23(20)19(16-6-10-21-11-7-16)17-8-12-25-13-9-17/h1-5,16-19,21H,6-14H2,(H,22,24)/t18-,19?/m0/s1. The number of rotatable bonds is 4. The number of nitrogens with zero attached hydrogens (tertiary/aromatic N) is 1. The largest absolute Gasteiger partial charge is 0.381 e. The van der Waals surface area contributed by atoms with Crippen LogP contribution in [-0.4, -0.2) is 49.8 Å². The van der Waals surface area contributed by atoms with Gasteiger partial charge in [-0.05, 0) is 56.2 Å². The summed E-state index contributed by atoms with van der Waals surface area (Å²) < 4.78 is 5.61. The molecule has 0 aromatic heterocycles. The van der Waals surface area contributed by atoms with Crippen molar-refractivity contribution in [1.29, 1.82) is 0 Å². The van der Waals surface area contributed by atoms with E-state index < -0.39 is 0 Å². The third-order valence-electron chi connectivity index (χ3n) is 6.14. The number of urea groups is 1. The van der Waals surface area contributed by atoms with Gasteiger partial charge in [0.2, 0.25) is 0 Å². The monoisotopic (exact) mass is 343 g/mol. The van der Waals surface area contributed by atoms with Crippen molar-refractivity contribution < 1.29 is 9.53 Å². The quantitative estimate of drug-likeness (QED) is 0.883. The Bertz CT molecular complexity index is 550. The zero-order chi connectivity index (χ0) is 17.1. The first kappa shape index (κ1) is 16.9. The van der Waals surface area contributed by atoms with Gasteiger partial charge < -0.3 is 20.3 Å². The molecule has 2 atom stereocenters. The Kier molecular flexibility index (Phi) is 5.22. The van der Waals surface area contributed by atoms with Crippen LogP contribution in [0.25, 0.3) is 0 Å². The number of hydrogen-bond acceptors (Lipinski definition) is 3. The lowest BCUT2D eigenvalue weighted by Gasteiger charge is -2.44. The highest BCUT2D eigenvalue weighted by Crippen LogP contribution is 2.38. The predicted molar refractivity (Wildman–Crippen MR) is 97.3 cm³/mol. The molecule has 1 aromatic carbocycles. The molecular weight excluding hydrogens is 314 g/mol. The van der Waals surface area contributed by atoms with E-state index >= 15 is 0 Å². The minimum Gasteiger partial charge on any atom is -0.381 e. The molecule has 1 aromatic rings. The molecule has 3 aliphatic rings. The summed E-state index contributed by atoms with van der Waals surface area (Å²) in [5.41, 5.74) is 1.24. The second-order valence-electron chi connectivity index (χ2n) is 7.55. The van der Waals surface area contributed by atoms with E-state index in [1.54, 1.807) is 0 Å². The van der Waals surface area contributed by atoms with Gasteiger partial charge in [0.05, 0.1) is 6.04 Å². The molecule has 136 valence electrons. The number of ether oxygens (including phenoxy) is 1. The fraction of sp³-hybridized carbons (Fsp3) is 0.650. The van der Waals surface area contributed by atoms with Gasteiger partial charge in [0.15, 0.2) is 0 Å². The molecule has 0 aliphatic carbocycles. The van der Waals surface area contributed by atoms with E-state index in [0.29, 0.717) is 24.4 Å². The molecule has 4 rings (SSSR count). The first-order chi connectivity index (χ1) is 12.3. The third-order valence-corrected chi connectivity index (χ3v) is 6.14. The average molecular weight is 343 g/mol. The third kappa shape index (κ3) is 3.53. The van der Waals surface area contributed by atoms with Gasteiger partial charge in [-0.3, -0.25) is 0 Å². The number of hydrogen-bond donors (Lipinski definition) is 2. The topological polar surface area (TPSA) is 53.6 Å². The lowest BCUT2D eigenvalue weighted by molar-refractivity contribution is 0.00849. The highest BCUT2D eigenvalue weighted by molar-refractivity contribution is 5.77. The minimum atomic E-state index is 0.115. The van der Waals surface area contributed by atoms with Crippen LogP contribution in [0.5, 0.6) is 0 Å². The molecule has 3 heterocycles. The molecule has 2 amide bonds. The van der Waals surface area contributed by atoms with E-state index in [1.807, 2.05) is 6.07 Å². The van der Waals surface area contributed by atoms with E-state index in [1.165, 1.54) is 5.56 Å². The van der Waals surface area contributed by atoms with E-state index in [0.717, 1.165) is 52.0 Å². The normalized spacial score (nSPS) is 27.3. The van der Waals surface area contributed by atoms with Gasteiger partial charge in [-0.2, -0.15) is 0 Å². The van der Waals surface area contributed by atoms with Gasteiger partial charge >= 0.3 is 6.03 Å². The summed E-state index contributed by atoms with van der Waals surface area (Å²) in [6.07, 6.45) is 4.46. The van der Waals surface area contributed by atoms with Gasteiger partial charge in [-0.15, -0.1) is 0 Å². The van der Waals surface area contributed by atoms with Crippen molar-refractivity contribution in [3.8, 4) is 0 Å². The highest BCUT2D eigenvalue weighted by Gasteiger charge is 2.44. The lowest BCUT2D eigenvalue weighted by Crippen LogP contribution is -2.51. The van der Waals surface area contributed by atoms with Gasteiger partial charge in [-0.1, -0.05) is 30.3 Å². The van der Waals surface area contributed by atoms with Crippen LogP contribution in [0.2, 0.25) is 0 Å². The number of benzene rings is 1. The van der Waals surface area contributed by atoms with Gasteiger partial charge in [-0.25, -0.2) is 4.79 Å². The maximum absolute atomic E-state index is 12.9. The maximum Gasteiger partial charge on any atom is 0.318 e. The van der Waals surface area contributed by atoms with Crippen molar-refractivity contribution in [3.63, 3.8) is 0 Å². The van der Waals surface area contributed by atoms with Gasteiger partial charge in [0, 0.05) is 25.8 Å². The second-order valence-corrected chi connectivity index (χ2v) is 7.55. The Labute approximate surface area is 150 Å². The van der Waals surface area contributed by atoms with Crippen LogP contribution in [0, 0.1) is 11.8 Å². The molecule has 0 spiro atoms. The summed E-state index contributed by atoms with van der Waals surface area (Å²) in [6, 6.07) is 11.1. The molecular formula is C20H29N3O2. The SMILES string of the molecule is O=C1NC[C@@H](c2ccccc2)N1C(C1CCNCC1)C1CCOCC1. The Balaban J connectivity index is 1.64. The molecule has 0 saturated carbocycles. The Hall–Kier alpha value is -1.59. The van der Waals surface area contributed by atoms with Crippen LogP contribution in [-0.2, 0) is 4.74 Å². The molecule has 3 aliphatic heterocycles. The fourth-order valence-corrected chi connectivity index (χ4v) is 4.89. The molecule has 5 heteroatoms. The first-order valence-electron chi connectivity index (χ1n) is 9.74. The van der Waals surface area contributed by atoms with Crippen LogP contribution in [0.15, 0.2) is 30.3 Å². The van der Waals surface area contributed by atoms with E-state index in [-0.39, 0.29) is 12.1 Å². The summed E-state index contributed by atoms with van der Waals surface area (Å²) in [7, 11) is 0. The zero-order valence-corrected chi connectivity index (χ0v) is 14.8. The van der Waals surface area contributed by atoms with E-state index in [4.69, 9.17) is 4.74 Å². The number of nitrogens with one attached hydrogen (secondary N) is 2. The molecule has 3 fully saturated rings. The summed E-state index contributed by atoms with van der Waals surface area (Å²) in [6.45, 7) is 4.51. The zero-order valence-electron chi connectivity index (χ0n) is 14.8. The Morgan fingerprint density at radius 3 is 2.40 bits per heavy atom. The summed E-state index contributed by atoms with van der Waals surface area (Å²) in [5, 5.41) is 6.59. The Morgan fingerprint density at radius 2 is 1.68 bits per heavy atom. The van der Waals surface area contributed by atoms with Crippen LogP contribution in [0.4, 0.5) is 4.79 Å². The molecule has 5 nitrogen and oxygen atoms in total. The van der Waals surface area contributed by atoms with Gasteiger partial charge in [0.1, 0.15) is 0 Å². The van der Waals surface area contributed by atoms with Crippen LogP contribution >= 0.6 is 0 Å². The molecule has 3 saturated heterocycles. The van der Waals surface area contributed by atoms with Crippen LogP contribution < -0.4 is 10.6 Å². The highest BCUT2D eigenvalue weighted by atomic mass is 16.5. The molecule has 25 heavy (non-hydrogen) atoms. The minimum absolute atomic E-state index is 0.115. The predicted octanol–water partition coefficient (Wildman–Crippen LogP) is 2.55. The number of carbonyl (C=O) groups excluding carboxylic acids is 1. The molecule has 1 unspecified atom stereocenters. The van der Waals surface area contributed by atoms with Crippen molar-refractivity contribution in [2.45, 2.75) is 37.8 Å². The average Bonchev–Trinajstić information content (AvgIpc) is 3.06. The summed E-state index contributed by atoms with van der Waals surface area (Å²) in [5.74, 6) is 1.13. The Morgan fingerprint density at radius 1 is 1.00 bits per heavy atom. The van der Waals surface area contributed by atoms with Crippen LogP contribution in [0.1, 0.15) is 37.3 Å².